The van der Waals surface area contributed by atoms with Gasteiger partial charge in [-0.25, -0.2) is 4.98 Å². The summed E-state index contributed by atoms with van der Waals surface area (Å²) in [5.41, 5.74) is 3.23. The molecule has 0 bridgehead atoms. The molecule has 2 aromatic heterocycles. The van der Waals surface area contributed by atoms with E-state index in [1.165, 1.54) is 6.07 Å². The second-order valence-electron chi connectivity index (χ2n) is 7.65. The van der Waals surface area contributed by atoms with Crippen molar-refractivity contribution in [2.24, 2.45) is 7.05 Å². The molecule has 7 heteroatoms. The van der Waals surface area contributed by atoms with Crippen molar-refractivity contribution in [1.82, 2.24) is 19.4 Å². The summed E-state index contributed by atoms with van der Waals surface area (Å²) in [6.45, 7) is 3.38. The molecule has 0 fully saturated rings. The van der Waals surface area contributed by atoms with Crippen LogP contribution in [-0.2, 0) is 26.4 Å². The van der Waals surface area contributed by atoms with Crippen molar-refractivity contribution in [3.8, 4) is 5.75 Å². The highest BCUT2D eigenvalue weighted by Crippen LogP contribution is 2.25. The number of hydrogen-bond acceptors (Lipinski definition) is 4. The molecule has 30 heavy (non-hydrogen) atoms. The smallest absolute Gasteiger partial charge is 0.256 e. The first-order chi connectivity index (χ1) is 14.6. The zero-order chi connectivity index (χ0) is 21.1. The summed E-state index contributed by atoms with van der Waals surface area (Å²) in [6, 6.07) is 9.45. The number of imidazole rings is 1. The third-order valence-electron chi connectivity index (χ3n) is 5.72. The molecule has 0 saturated carbocycles. The number of rotatable bonds is 6. The lowest BCUT2D eigenvalue weighted by Crippen LogP contribution is -2.32. The first kappa shape index (κ1) is 20.2. The highest BCUT2D eigenvalue weighted by Gasteiger charge is 2.23. The standard InChI is InChI=1S/C23H28N4O3/c1-3-30-19-15-21(28)27-14-8-4-5-11-18(27)22(19)23(29)24-13-12-20-25-16-9-6-7-10-17(16)26(20)2/h6-7,9-10,15H,3-5,8,11-14H2,1-2H3,(H,24,29). The summed E-state index contributed by atoms with van der Waals surface area (Å²) in [5, 5.41) is 3.02. The number of nitrogens with one attached hydrogen (secondary N) is 1. The topological polar surface area (TPSA) is 78.2 Å². The van der Waals surface area contributed by atoms with E-state index in [0.717, 1.165) is 41.8 Å². The second-order valence-corrected chi connectivity index (χ2v) is 7.65. The van der Waals surface area contributed by atoms with Crippen LogP contribution in [0.4, 0.5) is 0 Å². The van der Waals surface area contributed by atoms with E-state index in [1.54, 1.807) is 4.57 Å². The molecule has 1 N–H and O–H groups in total. The number of aryl methyl sites for hydroxylation is 1. The maximum absolute atomic E-state index is 13.1. The SMILES string of the molecule is CCOc1cc(=O)n2c(c1C(=O)NCCc1nc3ccccc3n1C)CCCCC2. The van der Waals surface area contributed by atoms with E-state index in [4.69, 9.17) is 4.74 Å². The molecule has 1 aliphatic heterocycles. The number of aromatic nitrogens is 3. The van der Waals surface area contributed by atoms with Gasteiger partial charge in [-0.05, 0) is 38.3 Å². The van der Waals surface area contributed by atoms with Crippen LogP contribution in [0.15, 0.2) is 35.1 Å². The van der Waals surface area contributed by atoms with Crippen molar-refractivity contribution in [2.45, 2.75) is 45.6 Å². The number of ether oxygens (including phenoxy) is 1. The van der Waals surface area contributed by atoms with Crippen molar-refractivity contribution in [3.05, 3.63) is 57.8 Å². The summed E-state index contributed by atoms with van der Waals surface area (Å²) >= 11 is 0. The van der Waals surface area contributed by atoms with Gasteiger partial charge in [0.05, 0.1) is 17.6 Å². The number of fused-ring (bicyclic) bond motifs is 2. The van der Waals surface area contributed by atoms with Crippen molar-refractivity contribution >= 4 is 16.9 Å². The van der Waals surface area contributed by atoms with E-state index in [9.17, 15) is 9.59 Å². The Kier molecular flexibility index (Phi) is 5.88. The van der Waals surface area contributed by atoms with Crippen LogP contribution in [0.1, 0.15) is 48.1 Å². The van der Waals surface area contributed by atoms with E-state index < -0.39 is 0 Å². The molecule has 1 aromatic carbocycles. The third-order valence-corrected chi connectivity index (χ3v) is 5.72. The summed E-state index contributed by atoms with van der Waals surface area (Å²) in [6.07, 6.45) is 4.31. The lowest BCUT2D eigenvalue weighted by molar-refractivity contribution is 0.0948. The highest BCUT2D eigenvalue weighted by atomic mass is 16.5. The first-order valence-corrected chi connectivity index (χ1v) is 10.7. The Morgan fingerprint density at radius 2 is 2.07 bits per heavy atom. The fourth-order valence-corrected chi connectivity index (χ4v) is 4.22. The molecule has 0 spiro atoms. The Bertz CT molecular complexity index is 1130. The predicted octanol–water partition coefficient (Wildman–Crippen LogP) is 2.83. The molecule has 0 radical (unpaired) electrons. The second kappa shape index (κ2) is 8.73. The quantitative estimate of drug-likeness (QED) is 0.680. The van der Waals surface area contributed by atoms with Gasteiger partial charge in [0.15, 0.2) is 0 Å². The Hall–Kier alpha value is -3.09. The number of benzene rings is 1. The molecule has 0 atom stereocenters. The molecule has 1 aliphatic rings. The lowest BCUT2D eigenvalue weighted by Gasteiger charge is -2.18. The number of nitrogens with zero attached hydrogens (tertiary/aromatic N) is 3. The number of pyridine rings is 1. The van der Waals surface area contributed by atoms with Crippen LogP contribution in [0.2, 0.25) is 0 Å². The van der Waals surface area contributed by atoms with Gasteiger partial charge in [0, 0.05) is 38.3 Å². The Labute approximate surface area is 175 Å². The van der Waals surface area contributed by atoms with Crippen molar-refractivity contribution in [3.63, 3.8) is 0 Å². The number of para-hydroxylation sites is 2. The van der Waals surface area contributed by atoms with Gasteiger partial charge in [-0.3, -0.25) is 9.59 Å². The Balaban J connectivity index is 1.56. The van der Waals surface area contributed by atoms with E-state index in [0.29, 0.717) is 43.9 Å². The molecule has 1 amide bonds. The minimum absolute atomic E-state index is 0.0911. The maximum atomic E-state index is 13.1. The fraction of sp³-hybridized carbons (Fsp3) is 0.435. The molecule has 3 aromatic rings. The molecular formula is C23H28N4O3. The molecular weight excluding hydrogens is 380 g/mol. The van der Waals surface area contributed by atoms with Gasteiger partial charge in [-0.2, -0.15) is 0 Å². The van der Waals surface area contributed by atoms with Gasteiger partial charge in [0.2, 0.25) is 0 Å². The molecule has 7 nitrogen and oxygen atoms in total. The molecule has 0 aliphatic carbocycles. The predicted molar refractivity (Wildman–Crippen MR) is 116 cm³/mol. The van der Waals surface area contributed by atoms with E-state index in [1.807, 2.05) is 38.2 Å². The number of hydrogen-bond donors (Lipinski definition) is 1. The summed E-state index contributed by atoms with van der Waals surface area (Å²) in [4.78, 5) is 30.4. The van der Waals surface area contributed by atoms with Gasteiger partial charge in [-0.15, -0.1) is 0 Å². The van der Waals surface area contributed by atoms with Crippen LogP contribution >= 0.6 is 0 Å². The van der Waals surface area contributed by atoms with E-state index >= 15 is 0 Å². The normalized spacial score (nSPS) is 13.7. The number of carbonyl (C=O) groups excluding carboxylic acids is 1. The fourth-order valence-electron chi connectivity index (χ4n) is 4.22. The monoisotopic (exact) mass is 408 g/mol. The average Bonchev–Trinajstić information content (AvgIpc) is 2.90. The summed E-state index contributed by atoms with van der Waals surface area (Å²) < 4.78 is 9.48. The van der Waals surface area contributed by atoms with Gasteiger partial charge in [0.25, 0.3) is 11.5 Å². The van der Waals surface area contributed by atoms with E-state index in [2.05, 4.69) is 14.9 Å². The lowest BCUT2D eigenvalue weighted by atomic mass is 10.1. The van der Waals surface area contributed by atoms with Gasteiger partial charge >= 0.3 is 0 Å². The van der Waals surface area contributed by atoms with Gasteiger partial charge < -0.3 is 19.2 Å². The van der Waals surface area contributed by atoms with Gasteiger partial charge in [-0.1, -0.05) is 18.6 Å². The number of carbonyl (C=O) groups is 1. The number of amides is 1. The summed E-state index contributed by atoms with van der Waals surface area (Å²) in [5.74, 6) is 1.11. The van der Waals surface area contributed by atoms with Gasteiger partial charge in [0.1, 0.15) is 17.1 Å². The summed E-state index contributed by atoms with van der Waals surface area (Å²) in [7, 11) is 1.99. The van der Waals surface area contributed by atoms with Crippen molar-refractivity contribution in [2.75, 3.05) is 13.2 Å². The first-order valence-electron chi connectivity index (χ1n) is 10.7. The molecule has 3 heterocycles. The Morgan fingerprint density at radius 1 is 1.23 bits per heavy atom. The average molecular weight is 409 g/mol. The van der Waals surface area contributed by atoms with Crippen molar-refractivity contribution in [1.29, 1.82) is 0 Å². The van der Waals surface area contributed by atoms with Crippen LogP contribution in [0.3, 0.4) is 0 Å². The molecule has 4 rings (SSSR count). The van der Waals surface area contributed by atoms with Crippen LogP contribution < -0.4 is 15.6 Å². The van der Waals surface area contributed by atoms with E-state index in [-0.39, 0.29) is 11.5 Å². The molecule has 0 saturated heterocycles. The third kappa shape index (κ3) is 3.84. The maximum Gasteiger partial charge on any atom is 0.256 e. The zero-order valence-electron chi connectivity index (χ0n) is 17.6. The van der Waals surface area contributed by atoms with Crippen molar-refractivity contribution < 1.29 is 9.53 Å². The van der Waals surface area contributed by atoms with Crippen LogP contribution in [0, 0.1) is 0 Å². The Morgan fingerprint density at radius 3 is 2.87 bits per heavy atom. The van der Waals surface area contributed by atoms with Crippen LogP contribution in [0.5, 0.6) is 5.75 Å². The highest BCUT2D eigenvalue weighted by molar-refractivity contribution is 5.98. The minimum atomic E-state index is -0.192. The van der Waals surface area contributed by atoms with Crippen LogP contribution in [0.25, 0.3) is 11.0 Å². The minimum Gasteiger partial charge on any atom is -0.493 e. The molecule has 158 valence electrons. The zero-order valence-corrected chi connectivity index (χ0v) is 17.6. The largest absolute Gasteiger partial charge is 0.493 e. The molecule has 0 unspecified atom stereocenters. The van der Waals surface area contributed by atoms with Crippen LogP contribution in [-0.4, -0.2) is 33.2 Å².